The number of nitrogens with two attached hydrogens (primary N) is 1. The summed E-state index contributed by atoms with van der Waals surface area (Å²) in [6.07, 6.45) is 0.220. The summed E-state index contributed by atoms with van der Waals surface area (Å²) in [7, 11) is -4.77. The van der Waals surface area contributed by atoms with Crippen LogP contribution in [0.15, 0.2) is 29.4 Å². The van der Waals surface area contributed by atoms with Crippen LogP contribution in [0.2, 0.25) is 0 Å². The Hall–Kier alpha value is -3.88. The second-order valence-electron chi connectivity index (χ2n) is 11.0. The van der Waals surface area contributed by atoms with E-state index < -0.39 is 46.6 Å². The number of aliphatic carboxylic acids is 1. The molecule has 2 fully saturated rings. The second-order valence-corrected chi connectivity index (χ2v) is 13.2. The highest BCUT2D eigenvalue weighted by molar-refractivity contribution is 7.80. The SMILES string of the molecule is Cc1sc(N)nc1/C(=N/O[C@@H](COc1ccc(C(=N)NC2CCNCC2)cc1)C(=O)O)C(=O)N[C@@H]1CN(OS(=O)(=O)O)C1(C)C. The van der Waals surface area contributed by atoms with Gasteiger partial charge in [0.2, 0.25) is 0 Å². The monoisotopic (exact) mass is 668 g/mol. The smallest absolute Gasteiger partial charge is 0.413 e. The lowest BCUT2D eigenvalue weighted by Gasteiger charge is -2.52. The van der Waals surface area contributed by atoms with Crippen LogP contribution < -0.4 is 26.4 Å². The van der Waals surface area contributed by atoms with Crippen molar-refractivity contribution in [2.45, 2.75) is 57.3 Å². The molecule has 2 aliphatic heterocycles. The normalized spacial score (nSPS) is 19.6. The predicted octanol–water partition coefficient (Wildman–Crippen LogP) is 0.267. The molecular weight excluding hydrogens is 632 g/mol. The number of nitrogens with zero attached hydrogens (tertiary/aromatic N) is 3. The van der Waals surface area contributed by atoms with Gasteiger partial charge in [-0.3, -0.25) is 14.8 Å². The summed E-state index contributed by atoms with van der Waals surface area (Å²) >= 11 is 1.09. The summed E-state index contributed by atoms with van der Waals surface area (Å²) < 4.78 is 41.4. The number of amidine groups is 1. The van der Waals surface area contributed by atoms with E-state index >= 15 is 0 Å². The van der Waals surface area contributed by atoms with Crippen LogP contribution in [0.25, 0.3) is 0 Å². The van der Waals surface area contributed by atoms with Gasteiger partial charge in [0.15, 0.2) is 10.8 Å². The maximum absolute atomic E-state index is 13.3. The number of oxime groups is 1. The van der Waals surface area contributed by atoms with E-state index in [2.05, 4.69) is 30.4 Å². The van der Waals surface area contributed by atoms with Crippen molar-refractivity contribution in [2.24, 2.45) is 5.16 Å². The molecule has 1 aromatic heterocycles. The number of carboxylic acid groups (broad SMARTS) is 1. The van der Waals surface area contributed by atoms with Gasteiger partial charge in [0.1, 0.15) is 23.9 Å². The number of rotatable bonds is 13. The minimum Gasteiger partial charge on any atom is -0.489 e. The van der Waals surface area contributed by atoms with Crippen LogP contribution in [0.5, 0.6) is 5.75 Å². The standard InChI is InChI=1S/C26H36N8O9S2/c1-14-20(32-25(28)44-14)21(23(35)31-19-12-34(26(19,2)3)43-45(38,39)40)33-42-18(24(36)37)13-41-17-6-4-15(5-7-17)22(27)30-16-8-10-29-11-9-16/h4-7,16,18-19,29H,8-13H2,1-3H3,(H2,27,30)(H2,28,32)(H,31,35)(H,36,37)(H,38,39,40)/b33-21-/t18-,19+/m0/s1. The number of hydroxylamine groups is 2. The number of aromatic nitrogens is 1. The van der Waals surface area contributed by atoms with Crippen LogP contribution in [0, 0.1) is 12.3 Å². The van der Waals surface area contributed by atoms with Crippen molar-refractivity contribution in [3.05, 3.63) is 40.4 Å². The van der Waals surface area contributed by atoms with Crippen LogP contribution in [0.3, 0.4) is 0 Å². The minimum atomic E-state index is -4.77. The molecule has 0 aliphatic carbocycles. The maximum atomic E-state index is 13.3. The van der Waals surface area contributed by atoms with Crippen molar-refractivity contribution in [3.63, 3.8) is 0 Å². The quantitative estimate of drug-likeness (QED) is 0.0655. The third-order valence-electron chi connectivity index (χ3n) is 7.36. The average Bonchev–Trinajstić information content (AvgIpc) is 3.31. The number of carboxylic acids is 1. The van der Waals surface area contributed by atoms with Gasteiger partial charge in [-0.1, -0.05) is 5.16 Å². The molecule has 45 heavy (non-hydrogen) atoms. The number of nitrogens with one attached hydrogen (secondary N) is 4. The van der Waals surface area contributed by atoms with Crippen molar-refractivity contribution in [2.75, 3.05) is 32.0 Å². The molecule has 246 valence electrons. The van der Waals surface area contributed by atoms with Gasteiger partial charge in [-0.15, -0.1) is 11.3 Å². The zero-order valence-corrected chi connectivity index (χ0v) is 26.4. The van der Waals surface area contributed by atoms with E-state index in [1.165, 1.54) is 0 Å². The lowest BCUT2D eigenvalue weighted by molar-refractivity contribution is -0.214. The number of hydrogen-bond acceptors (Lipinski definition) is 14. The number of amides is 1. The van der Waals surface area contributed by atoms with Gasteiger partial charge in [-0.2, -0.15) is 17.8 Å². The van der Waals surface area contributed by atoms with Crippen molar-refractivity contribution in [1.29, 1.82) is 5.41 Å². The van der Waals surface area contributed by atoms with Crippen LogP contribution in [0.4, 0.5) is 5.13 Å². The third-order valence-corrected chi connectivity index (χ3v) is 8.53. The number of aryl methyl sites for hydroxylation is 1. The fraction of sp³-hybridized carbons (Fsp3) is 0.500. The van der Waals surface area contributed by atoms with Gasteiger partial charge in [0.05, 0.1) is 11.6 Å². The predicted molar refractivity (Wildman–Crippen MR) is 163 cm³/mol. The van der Waals surface area contributed by atoms with Crippen molar-refractivity contribution >= 4 is 50.3 Å². The van der Waals surface area contributed by atoms with Crippen LogP contribution in [-0.4, -0.2) is 102 Å². The summed E-state index contributed by atoms with van der Waals surface area (Å²) in [6, 6.07) is 6.13. The number of carbonyl (C=O) groups is 2. The molecule has 17 nitrogen and oxygen atoms in total. The molecule has 0 radical (unpaired) electrons. The number of anilines is 1. The number of thiazole rings is 1. The lowest BCUT2D eigenvalue weighted by Crippen LogP contribution is -2.73. The van der Waals surface area contributed by atoms with E-state index in [-0.39, 0.29) is 35.0 Å². The first kappa shape index (κ1) is 34.0. The maximum Gasteiger partial charge on any atom is 0.413 e. The number of piperidine rings is 1. The van der Waals surface area contributed by atoms with Crippen molar-refractivity contribution in [3.8, 4) is 5.75 Å². The van der Waals surface area contributed by atoms with E-state index in [1.807, 2.05) is 0 Å². The van der Waals surface area contributed by atoms with Gasteiger partial charge in [-0.25, -0.2) is 9.78 Å². The Morgan fingerprint density at radius 1 is 1.27 bits per heavy atom. The van der Waals surface area contributed by atoms with E-state index in [9.17, 15) is 23.1 Å². The van der Waals surface area contributed by atoms with Crippen LogP contribution in [-0.2, 0) is 29.1 Å². The highest BCUT2D eigenvalue weighted by atomic mass is 32.3. The Bertz CT molecular complexity index is 1540. The Morgan fingerprint density at radius 2 is 1.93 bits per heavy atom. The zero-order chi connectivity index (χ0) is 32.9. The molecule has 2 saturated heterocycles. The zero-order valence-electron chi connectivity index (χ0n) is 24.8. The number of ether oxygens (including phenoxy) is 1. The summed E-state index contributed by atoms with van der Waals surface area (Å²) in [5.41, 5.74) is 5.11. The van der Waals surface area contributed by atoms with Gasteiger partial charge >= 0.3 is 16.4 Å². The van der Waals surface area contributed by atoms with Crippen molar-refractivity contribution < 1.29 is 41.5 Å². The molecule has 0 saturated carbocycles. The van der Waals surface area contributed by atoms with Gasteiger partial charge in [0.25, 0.3) is 12.0 Å². The molecule has 2 aliphatic rings. The molecule has 4 rings (SSSR count). The Morgan fingerprint density at radius 3 is 2.49 bits per heavy atom. The number of carbonyl (C=O) groups excluding carboxylic acids is 1. The van der Waals surface area contributed by atoms with Crippen LogP contribution >= 0.6 is 11.3 Å². The van der Waals surface area contributed by atoms with E-state index in [4.69, 9.17) is 25.3 Å². The molecule has 2 aromatic rings. The number of benzene rings is 1. The molecule has 3 heterocycles. The fourth-order valence-electron chi connectivity index (χ4n) is 4.61. The number of nitrogen functional groups attached to an aromatic ring is 1. The molecule has 0 spiro atoms. The third kappa shape index (κ3) is 8.86. The fourth-order valence-corrected chi connectivity index (χ4v) is 5.78. The minimum absolute atomic E-state index is 0.0689. The summed E-state index contributed by atoms with van der Waals surface area (Å²) in [4.78, 5) is 35.2. The molecule has 1 amide bonds. The lowest BCUT2D eigenvalue weighted by atomic mass is 9.85. The molecule has 0 unspecified atom stereocenters. The molecule has 1 aromatic carbocycles. The Kier molecular flexibility index (Phi) is 10.6. The van der Waals surface area contributed by atoms with E-state index in [0.29, 0.717) is 16.2 Å². The van der Waals surface area contributed by atoms with Gasteiger partial charge in [-0.05, 0) is 71.0 Å². The molecule has 19 heteroatoms. The summed E-state index contributed by atoms with van der Waals surface area (Å²) in [5, 5.41) is 32.2. The first-order valence-electron chi connectivity index (χ1n) is 13.9. The molecule has 0 bridgehead atoms. The van der Waals surface area contributed by atoms with Gasteiger partial charge in [0, 0.05) is 23.0 Å². The van der Waals surface area contributed by atoms with E-state index in [1.54, 1.807) is 45.0 Å². The van der Waals surface area contributed by atoms with Crippen LogP contribution in [0.1, 0.15) is 42.8 Å². The Balaban J connectivity index is 1.42. The number of hydrogen-bond donors (Lipinski definition) is 7. The molecule has 8 N–H and O–H groups in total. The highest BCUT2D eigenvalue weighted by Crippen LogP contribution is 2.31. The summed E-state index contributed by atoms with van der Waals surface area (Å²) in [6.45, 7) is 6.02. The van der Waals surface area contributed by atoms with E-state index in [0.717, 1.165) is 42.3 Å². The van der Waals surface area contributed by atoms with Crippen molar-refractivity contribution in [1.82, 2.24) is 26.0 Å². The first-order chi connectivity index (χ1) is 21.1. The topological polar surface area (TPSA) is 251 Å². The molecule has 2 atom stereocenters. The first-order valence-corrected chi connectivity index (χ1v) is 16.1. The molecular formula is C26H36N8O9S2. The highest BCUT2D eigenvalue weighted by Gasteiger charge is 2.50. The van der Waals surface area contributed by atoms with Gasteiger partial charge < -0.3 is 36.4 Å². The summed E-state index contributed by atoms with van der Waals surface area (Å²) in [5.74, 6) is -1.59. The second kappa shape index (κ2) is 14.0. The largest absolute Gasteiger partial charge is 0.489 e. The average molecular weight is 669 g/mol. The Labute approximate surface area is 263 Å².